The van der Waals surface area contributed by atoms with Crippen molar-refractivity contribution in [2.75, 3.05) is 5.32 Å². The molecule has 0 aliphatic rings. The molecule has 1 aromatic heterocycles. The van der Waals surface area contributed by atoms with Gasteiger partial charge in [0.1, 0.15) is 5.82 Å². The monoisotopic (exact) mass is 323 g/mol. The minimum absolute atomic E-state index is 0.0230. The van der Waals surface area contributed by atoms with Gasteiger partial charge in [0, 0.05) is 16.1 Å². The zero-order valence-corrected chi connectivity index (χ0v) is 12.6. The summed E-state index contributed by atoms with van der Waals surface area (Å²) in [6, 6.07) is 8.46. The maximum Gasteiger partial charge on any atom is 0.142 e. The lowest BCUT2D eigenvalue weighted by molar-refractivity contribution is 0.624. The van der Waals surface area contributed by atoms with Crippen LogP contribution in [0.2, 0.25) is 10.0 Å². The normalized spacial score (nSPS) is 12.6. The number of benzene rings is 2. The van der Waals surface area contributed by atoms with Gasteiger partial charge in [-0.25, -0.2) is 4.39 Å². The van der Waals surface area contributed by atoms with Crippen molar-refractivity contribution in [3.63, 3.8) is 0 Å². The van der Waals surface area contributed by atoms with Crippen LogP contribution in [0.25, 0.3) is 10.9 Å². The average molecular weight is 324 g/mol. The number of aromatic amines is 1. The Morgan fingerprint density at radius 1 is 1.19 bits per heavy atom. The van der Waals surface area contributed by atoms with Crippen LogP contribution in [-0.2, 0) is 0 Å². The van der Waals surface area contributed by atoms with Crippen molar-refractivity contribution < 1.29 is 4.39 Å². The number of nitrogens with one attached hydrogen (secondary N) is 2. The molecule has 3 rings (SSSR count). The number of H-pyrrole nitrogens is 1. The smallest absolute Gasteiger partial charge is 0.142 e. The Morgan fingerprint density at radius 3 is 2.81 bits per heavy atom. The number of rotatable bonds is 3. The summed E-state index contributed by atoms with van der Waals surface area (Å²) in [7, 11) is 0. The van der Waals surface area contributed by atoms with E-state index in [1.165, 1.54) is 12.1 Å². The highest BCUT2D eigenvalue weighted by molar-refractivity contribution is 6.35. The Balaban J connectivity index is 1.88. The Bertz CT molecular complexity index is 801. The lowest BCUT2D eigenvalue weighted by Crippen LogP contribution is -2.07. The highest BCUT2D eigenvalue weighted by atomic mass is 35.5. The van der Waals surface area contributed by atoms with Gasteiger partial charge < -0.3 is 5.32 Å². The molecule has 108 valence electrons. The van der Waals surface area contributed by atoms with E-state index in [2.05, 4.69) is 15.5 Å². The summed E-state index contributed by atoms with van der Waals surface area (Å²) in [5, 5.41) is 11.7. The van der Waals surface area contributed by atoms with Gasteiger partial charge in [-0.05, 0) is 42.8 Å². The molecule has 21 heavy (non-hydrogen) atoms. The van der Waals surface area contributed by atoms with Crippen LogP contribution in [0.5, 0.6) is 0 Å². The minimum Gasteiger partial charge on any atom is -0.378 e. The molecule has 0 amide bonds. The molecule has 0 saturated heterocycles. The maximum atomic E-state index is 13.6. The van der Waals surface area contributed by atoms with E-state index in [0.717, 1.165) is 16.6 Å². The number of nitrogens with zero attached hydrogens (tertiary/aromatic N) is 1. The van der Waals surface area contributed by atoms with Crippen molar-refractivity contribution in [1.29, 1.82) is 0 Å². The van der Waals surface area contributed by atoms with Gasteiger partial charge >= 0.3 is 0 Å². The van der Waals surface area contributed by atoms with Crippen molar-refractivity contribution in [3.05, 3.63) is 58.0 Å². The van der Waals surface area contributed by atoms with Crippen LogP contribution in [0.3, 0.4) is 0 Å². The van der Waals surface area contributed by atoms with Gasteiger partial charge in [0.2, 0.25) is 0 Å². The van der Waals surface area contributed by atoms with Crippen LogP contribution in [-0.4, -0.2) is 10.2 Å². The van der Waals surface area contributed by atoms with Gasteiger partial charge in [-0.1, -0.05) is 23.2 Å². The molecule has 0 radical (unpaired) electrons. The van der Waals surface area contributed by atoms with Crippen LogP contribution in [0, 0.1) is 5.82 Å². The highest BCUT2D eigenvalue weighted by Crippen LogP contribution is 2.30. The third kappa shape index (κ3) is 2.82. The predicted octanol–water partition coefficient (Wildman–Crippen LogP) is 5.18. The number of aromatic nitrogens is 2. The molecule has 0 aliphatic carbocycles. The van der Waals surface area contributed by atoms with Crippen LogP contribution in [0.1, 0.15) is 18.5 Å². The highest BCUT2D eigenvalue weighted by Gasteiger charge is 2.13. The first kappa shape index (κ1) is 14.2. The van der Waals surface area contributed by atoms with Crippen LogP contribution < -0.4 is 5.32 Å². The molecule has 0 saturated carbocycles. The molecule has 0 aliphatic heterocycles. The Hall–Kier alpha value is -1.78. The third-order valence-corrected chi connectivity index (χ3v) is 3.95. The van der Waals surface area contributed by atoms with Gasteiger partial charge in [0.15, 0.2) is 0 Å². The van der Waals surface area contributed by atoms with Gasteiger partial charge in [-0.15, -0.1) is 0 Å². The summed E-state index contributed by atoms with van der Waals surface area (Å²) in [5.74, 6) is -0.478. The first-order valence-electron chi connectivity index (χ1n) is 6.38. The van der Waals surface area contributed by atoms with Crippen molar-refractivity contribution in [2.45, 2.75) is 13.0 Å². The quantitative estimate of drug-likeness (QED) is 0.652. The zero-order valence-electron chi connectivity index (χ0n) is 11.1. The number of anilines is 1. The van der Waals surface area contributed by atoms with E-state index in [4.69, 9.17) is 23.2 Å². The second kappa shape index (κ2) is 5.54. The van der Waals surface area contributed by atoms with Gasteiger partial charge in [0.25, 0.3) is 0 Å². The molecule has 1 atom stereocenters. The molecule has 1 heterocycles. The van der Waals surface area contributed by atoms with E-state index in [9.17, 15) is 4.39 Å². The fourth-order valence-corrected chi connectivity index (χ4v) is 2.77. The Kier molecular flexibility index (Phi) is 3.74. The van der Waals surface area contributed by atoms with Crippen molar-refractivity contribution in [2.24, 2.45) is 0 Å². The second-order valence-electron chi connectivity index (χ2n) is 4.83. The van der Waals surface area contributed by atoms with E-state index >= 15 is 0 Å². The predicted molar refractivity (Wildman–Crippen MR) is 84.6 cm³/mol. The van der Waals surface area contributed by atoms with E-state index < -0.39 is 5.82 Å². The first-order chi connectivity index (χ1) is 10.0. The summed E-state index contributed by atoms with van der Waals surface area (Å²) in [6.07, 6.45) is 1.76. The minimum atomic E-state index is -0.478. The standard InChI is InChI=1S/C15H12Cl2FN3/c1-8(11-5-14(18)13(17)6-12(11)16)20-10-3-2-9-7-19-21-15(9)4-10/h2-8,20H,1H3,(H,19,21). The molecular weight excluding hydrogens is 312 g/mol. The second-order valence-corrected chi connectivity index (χ2v) is 5.64. The van der Waals surface area contributed by atoms with E-state index in [1.807, 2.05) is 25.1 Å². The lowest BCUT2D eigenvalue weighted by Gasteiger charge is -2.17. The van der Waals surface area contributed by atoms with Crippen molar-refractivity contribution in [3.8, 4) is 0 Å². The summed E-state index contributed by atoms with van der Waals surface area (Å²) >= 11 is 11.8. The van der Waals surface area contributed by atoms with Crippen LogP contribution >= 0.6 is 23.2 Å². The van der Waals surface area contributed by atoms with E-state index in [-0.39, 0.29) is 11.1 Å². The number of hydrogen-bond acceptors (Lipinski definition) is 2. The summed E-state index contributed by atoms with van der Waals surface area (Å²) in [5.41, 5.74) is 2.48. The Labute approximate surface area is 131 Å². The number of halogens is 3. The molecule has 0 spiro atoms. The molecule has 2 N–H and O–H groups in total. The SMILES string of the molecule is CC(Nc1ccc2cn[nH]c2c1)c1cc(F)c(Cl)cc1Cl. The molecule has 3 aromatic rings. The summed E-state index contributed by atoms with van der Waals surface area (Å²) in [6.45, 7) is 1.91. The molecule has 0 bridgehead atoms. The molecular formula is C15H12Cl2FN3. The average Bonchev–Trinajstić information content (AvgIpc) is 2.90. The fourth-order valence-electron chi connectivity index (χ4n) is 2.22. The van der Waals surface area contributed by atoms with Gasteiger partial charge in [-0.2, -0.15) is 5.10 Å². The number of fused-ring (bicyclic) bond motifs is 1. The lowest BCUT2D eigenvalue weighted by atomic mass is 10.1. The van der Waals surface area contributed by atoms with E-state index in [1.54, 1.807) is 6.20 Å². The Morgan fingerprint density at radius 2 is 2.00 bits per heavy atom. The summed E-state index contributed by atoms with van der Waals surface area (Å²) < 4.78 is 13.6. The molecule has 1 unspecified atom stereocenters. The van der Waals surface area contributed by atoms with E-state index in [0.29, 0.717) is 10.6 Å². The van der Waals surface area contributed by atoms with Gasteiger partial charge in [0.05, 0.1) is 22.8 Å². The first-order valence-corrected chi connectivity index (χ1v) is 7.14. The molecule has 6 heteroatoms. The molecule has 3 nitrogen and oxygen atoms in total. The third-order valence-electron chi connectivity index (χ3n) is 3.33. The zero-order chi connectivity index (χ0) is 15.0. The topological polar surface area (TPSA) is 40.7 Å². The van der Waals surface area contributed by atoms with Crippen molar-refractivity contribution >= 4 is 39.8 Å². The van der Waals surface area contributed by atoms with Gasteiger partial charge in [-0.3, -0.25) is 5.10 Å². The molecule has 2 aromatic carbocycles. The largest absolute Gasteiger partial charge is 0.378 e. The molecule has 0 fully saturated rings. The number of hydrogen-bond donors (Lipinski definition) is 2. The van der Waals surface area contributed by atoms with Crippen molar-refractivity contribution in [1.82, 2.24) is 10.2 Å². The van der Waals surface area contributed by atoms with Crippen LogP contribution in [0.4, 0.5) is 10.1 Å². The fraction of sp³-hybridized carbons (Fsp3) is 0.133. The maximum absolute atomic E-state index is 13.6. The van der Waals surface area contributed by atoms with Crippen LogP contribution in [0.15, 0.2) is 36.5 Å². The summed E-state index contributed by atoms with van der Waals surface area (Å²) in [4.78, 5) is 0.